The highest BCUT2D eigenvalue weighted by Crippen LogP contribution is 2.31. The van der Waals surface area contributed by atoms with E-state index in [0.717, 1.165) is 6.20 Å². The maximum atomic E-state index is 13.7. The third-order valence-corrected chi connectivity index (χ3v) is 3.84. The molecule has 0 aliphatic carbocycles. The minimum atomic E-state index is -3.23. The molecule has 0 spiro atoms. The van der Waals surface area contributed by atoms with Crippen molar-refractivity contribution in [3.05, 3.63) is 59.7 Å². The molecule has 11 heteroatoms. The Morgan fingerprint density at radius 1 is 1.13 bits per heavy atom. The summed E-state index contributed by atoms with van der Waals surface area (Å²) in [5.74, 6) is -4.19. The van der Waals surface area contributed by atoms with E-state index in [4.69, 9.17) is 4.74 Å². The van der Waals surface area contributed by atoms with Crippen LogP contribution in [0.4, 0.5) is 30.5 Å². The van der Waals surface area contributed by atoms with Crippen LogP contribution in [0.5, 0.6) is 5.75 Å². The Kier molecular flexibility index (Phi) is 6.33. The zero-order valence-corrected chi connectivity index (χ0v) is 16.9. The Morgan fingerprint density at radius 2 is 1.90 bits per heavy atom. The summed E-state index contributed by atoms with van der Waals surface area (Å²) in [4.78, 5) is 26.8. The van der Waals surface area contributed by atoms with Gasteiger partial charge in [-0.2, -0.15) is 8.78 Å². The summed E-state index contributed by atoms with van der Waals surface area (Å²) >= 11 is 0. The molecule has 0 radical (unpaired) electrons. The SMILES string of the molecule is CC(=O)Nc1cc(Nc2cc(C)nc(C(C)(F)F)n2)c(OCc2cncc(F)c2)cn1. The number of nitrogens with zero attached hydrogens (tertiary/aromatic N) is 4. The highest BCUT2D eigenvalue weighted by Gasteiger charge is 2.29. The number of alkyl halides is 2. The lowest BCUT2D eigenvalue weighted by Gasteiger charge is -2.16. The molecule has 0 unspecified atom stereocenters. The van der Waals surface area contributed by atoms with E-state index in [1.807, 2.05) is 0 Å². The number of hydrogen-bond donors (Lipinski definition) is 2. The van der Waals surface area contributed by atoms with E-state index < -0.39 is 17.6 Å². The minimum Gasteiger partial charge on any atom is -0.485 e. The average Bonchev–Trinajstić information content (AvgIpc) is 2.66. The fourth-order valence-electron chi connectivity index (χ4n) is 2.57. The van der Waals surface area contributed by atoms with Gasteiger partial charge in [-0.15, -0.1) is 0 Å². The van der Waals surface area contributed by atoms with Crippen LogP contribution in [0.25, 0.3) is 0 Å². The molecule has 0 aromatic carbocycles. The molecule has 0 atom stereocenters. The largest absolute Gasteiger partial charge is 0.485 e. The van der Waals surface area contributed by atoms with E-state index in [2.05, 4.69) is 30.6 Å². The molecule has 31 heavy (non-hydrogen) atoms. The number of amides is 1. The van der Waals surface area contributed by atoms with Crippen LogP contribution in [-0.2, 0) is 17.3 Å². The summed E-state index contributed by atoms with van der Waals surface area (Å²) in [6.07, 6.45) is 3.85. The Bertz CT molecular complexity index is 1100. The van der Waals surface area contributed by atoms with Crippen LogP contribution < -0.4 is 15.4 Å². The van der Waals surface area contributed by atoms with E-state index in [9.17, 15) is 18.0 Å². The molecule has 8 nitrogen and oxygen atoms in total. The third-order valence-electron chi connectivity index (χ3n) is 3.84. The summed E-state index contributed by atoms with van der Waals surface area (Å²) in [7, 11) is 0. The number of aryl methyl sites for hydroxylation is 1. The Hall–Kier alpha value is -3.76. The van der Waals surface area contributed by atoms with Crippen molar-refractivity contribution in [3.63, 3.8) is 0 Å². The van der Waals surface area contributed by atoms with Gasteiger partial charge in [0.25, 0.3) is 0 Å². The molecule has 0 aliphatic heterocycles. The van der Waals surface area contributed by atoms with Gasteiger partial charge in [0, 0.05) is 43.4 Å². The number of halogens is 3. The van der Waals surface area contributed by atoms with Gasteiger partial charge in [0.2, 0.25) is 11.7 Å². The van der Waals surface area contributed by atoms with Crippen molar-refractivity contribution in [2.24, 2.45) is 0 Å². The summed E-state index contributed by atoms with van der Waals surface area (Å²) in [5, 5.41) is 5.43. The third kappa shape index (κ3) is 6.11. The van der Waals surface area contributed by atoms with Gasteiger partial charge >= 0.3 is 5.92 Å². The second-order valence-corrected chi connectivity index (χ2v) is 6.78. The monoisotopic (exact) mass is 432 g/mol. The van der Waals surface area contributed by atoms with Crippen LogP contribution in [0, 0.1) is 12.7 Å². The lowest BCUT2D eigenvalue weighted by molar-refractivity contribution is -0.114. The van der Waals surface area contributed by atoms with Crippen LogP contribution in [0.1, 0.15) is 30.9 Å². The predicted molar refractivity (Wildman–Crippen MR) is 107 cm³/mol. The molecular weight excluding hydrogens is 413 g/mol. The maximum Gasteiger partial charge on any atom is 0.303 e. The molecule has 0 fully saturated rings. The van der Waals surface area contributed by atoms with Gasteiger partial charge in [-0.05, 0) is 13.0 Å². The van der Waals surface area contributed by atoms with E-state index in [1.54, 1.807) is 6.92 Å². The molecule has 1 amide bonds. The first-order valence-corrected chi connectivity index (χ1v) is 9.11. The van der Waals surface area contributed by atoms with Gasteiger partial charge < -0.3 is 15.4 Å². The molecule has 162 valence electrons. The Morgan fingerprint density at radius 3 is 2.58 bits per heavy atom. The van der Waals surface area contributed by atoms with Crippen molar-refractivity contribution >= 4 is 23.2 Å². The lowest BCUT2D eigenvalue weighted by Crippen LogP contribution is -2.14. The van der Waals surface area contributed by atoms with E-state index in [-0.39, 0.29) is 29.9 Å². The summed E-state index contributed by atoms with van der Waals surface area (Å²) in [6, 6.07) is 4.21. The zero-order valence-electron chi connectivity index (χ0n) is 16.9. The van der Waals surface area contributed by atoms with Gasteiger partial charge in [-0.1, -0.05) is 0 Å². The van der Waals surface area contributed by atoms with Crippen LogP contribution in [0.3, 0.4) is 0 Å². The number of hydrogen-bond acceptors (Lipinski definition) is 7. The number of nitrogens with one attached hydrogen (secondary N) is 2. The van der Waals surface area contributed by atoms with E-state index >= 15 is 0 Å². The Balaban J connectivity index is 1.92. The molecule has 0 bridgehead atoms. The molecule has 3 aromatic rings. The number of aromatic nitrogens is 4. The molecule has 2 N–H and O–H groups in total. The van der Waals surface area contributed by atoms with Gasteiger partial charge in [0.1, 0.15) is 24.1 Å². The van der Waals surface area contributed by atoms with Crippen molar-refractivity contribution in [1.29, 1.82) is 0 Å². The fraction of sp³-hybridized carbons (Fsp3) is 0.250. The number of carbonyl (C=O) groups excluding carboxylic acids is 1. The first-order chi connectivity index (χ1) is 14.6. The topological polar surface area (TPSA) is 102 Å². The predicted octanol–water partition coefficient (Wildman–Crippen LogP) is 4.11. The van der Waals surface area contributed by atoms with Gasteiger partial charge in [0.05, 0.1) is 18.1 Å². The zero-order chi connectivity index (χ0) is 22.6. The van der Waals surface area contributed by atoms with Crippen LogP contribution in [0.15, 0.2) is 36.8 Å². The highest BCUT2D eigenvalue weighted by atomic mass is 19.3. The van der Waals surface area contributed by atoms with E-state index in [1.165, 1.54) is 37.5 Å². The Labute approximate surface area is 175 Å². The summed E-state index contributed by atoms with van der Waals surface area (Å²) in [6.45, 7) is 3.56. The smallest absolute Gasteiger partial charge is 0.303 e. The van der Waals surface area contributed by atoms with Crippen LogP contribution in [0.2, 0.25) is 0 Å². The molecule has 3 aromatic heterocycles. The molecule has 0 saturated heterocycles. The first kappa shape index (κ1) is 21.9. The normalized spacial score (nSPS) is 11.2. The van der Waals surface area contributed by atoms with Gasteiger partial charge in [-0.3, -0.25) is 9.78 Å². The molecule has 3 heterocycles. The standard InChI is InChI=1S/C20H19F3N6O2/c1-11-4-18(29-19(26-11)20(3,22)23)28-15-6-17(27-12(2)30)25-9-16(15)31-10-13-5-14(21)8-24-7-13/h4-9H,10H2,1-3H3,(H2,25,26,27,28,29,30). The average molecular weight is 432 g/mol. The van der Waals surface area contributed by atoms with Crippen LogP contribution in [-0.4, -0.2) is 25.8 Å². The molecule has 3 rings (SSSR count). The number of carbonyl (C=O) groups is 1. The van der Waals surface area contributed by atoms with Crippen molar-refractivity contribution in [1.82, 2.24) is 19.9 Å². The van der Waals surface area contributed by atoms with Crippen LogP contribution >= 0.6 is 0 Å². The quantitative estimate of drug-likeness (QED) is 0.579. The lowest BCUT2D eigenvalue weighted by atomic mass is 10.3. The van der Waals surface area contributed by atoms with Crippen molar-refractivity contribution in [2.75, 3.05) is 10.6 Å². The second-order valence-electron chi connectivity index (χ2n) is 6.78. The van der Waals surface area contributed by atoms with Crippen molar-refractivity contribution in [2.45, 2.75) is 33.3 Å². The number of anilines is 3. The molecular formula is C20H19F3N6O2. The molecule has 0 aliphatic rings. The number of ether oxygens (including phenoxy) is 1. The number of rotatable bonds is 7. The van der Waals surface area contributed by atoms with Gasteiger partial charge in [-0.25, -0.2) is 19.3 Å². The second kappa shape index (κ2) is 8.94. The maximum absolute atomic E-state index is 13.7. The van der Waals surface area contributed by atoms with Crippen molar-refractivity contribution in [3.8, 4) is 5.75 Å². The number of pyridine rings is 2. The summed E-state index contributed by atoms with van der Waals surface area (Å²) in [5.41, 5.74) is 1.10. The minimum absolute atomic E-state index is 0.0261. The highest BCUT2D eigenvalue weighted by molar-refractivity contribution is 5.88. The molecule has 0 saturated carbocycles. The summed E-state index contributed by atoms with van der Waals surface area (Å²) < 4.78 is 46.5. The van der Waals surface area contributed by atoms with Crippen molar-refractivity contribution < 1.29 is 22.7 Å². The van der Waals surface area contributed by atoms with Gasteiger partial charge in [0.15, 0.2) is 5.75 Å². The van der Waals surface area contributed by atoms with E-state index in [0.29, 0.717) is 23.9 Å². The fourth-order valence-corrected chi connectivity index (χ4v) is 2.57. The first-order valence-electron chi connectivity index (χ1n) is 9.11.